The quantitative estimate of drug-likeness (QED) is 0.621. The summed E-state index contributed by atoms with van der Waals surface area (Å²) >= 11 is 0. The average molecular weight is 301 g/mol. The van der Waals surface area contributed by atoms with E-state index in [1.807, 2.05) is 20.9 Å². The maximum absolute atomic E-state index is 12.2. The van der Waals surface area contributed by atoms with E-state index >= 15 is 0 Å². The number of likely N-dealkylation sites (N-methyl/N-ethyl adjacent to an activating group) is 3. The Hall–Kier alpha value is -0.650. The van der Waals surface area contributed by atoms with Crippen LogP contribution in [0.1, 0.15) is 41.0 Å². The Morgan fingerprint density at radius 1 is 1.24 bits per heavy atom. The number of nitrogens with zero attached hydrogens (tertiary/aromatic N) is 2. The number of nitrogens with one attached hydrogen (secondary N) is 1. The fraction of sp³-hybridized carbons (Fsp3) is 0.938. The smallest absolute Gasteiger partial charge is 0.326 e. The summed E-state index contributed by atoms with van der Waals surface area (Å²) in [6, 6.07) is 0.745. The summed E-state index contributed by atoms with van der Waals surface area (Å²) < 4.78 is 5.21. The second-order valence-corrected chi connectivity index (χ2v) is 6.30. The highest BCUT2D eigenvalue weighted by atomic mass is 16.5. The molecule has 0 aromatic rings. The van der Waals surface area contributed by atoms with Gasteiger partial charge < -0.3 is 15.0 Å². The summed E-state index contributed by atoms with van der Waals surface area (Å²) in [7, 11) is 6.00. The van der Waals surface area contributed by atoms with Gasteiger partial charge in [-0.05, 0) is 61.8 Å². The minimum absolute atomic E-state index is 0.171. The number of esters is 1. The van der Waals surface area contributed by atoms with Gasteiger partial charge in [-0.3, -0.25) is 9.69 Å². The molecule has 0 saturated heterocycles. The van der Waals surface area contributed by atoms with Gasteiger partial charge in [-0.1, -0.05) is 6.92 Å². The van der Waals surface area contributed by atoms with Crippen molar-refractivity contribution in [3.05, 3.63) is 0 Å². The van der Waals surface area contributed by atoms with E-state index in [-0.39, 0.29) is 5.97 Å². The number of carbonyl (C=O) groups excluding carboxylic acids is 1. The van der Waals surface area contributed by atoms with Crippen molar-refractivity contribution in [3.8, 4) is 0 Å². The van der Waals surface area contributed by atoms with Gasteiger partial charge in [-0.25, -0.2) is 0 Å². The summed E-state index contributed by atoms with van der Waals surface area (Å²) in [4.78, 5) is 16.8. The highest BCUT2D eigenvalue weighted by molar-refractivity contribution is 5.80. The first-order valence-corrected chi connectivity index (χ1v) is 7.98. The second-order valence-electron chi connectivity index (χ2n) is 6.30. The van der Waals surface area contributed by atoms with Crippen LogP contribution in [0.3, 0.4) is 0 Å². The van der Waals surface area contributed by atoms with Crippen molar-refractivity contribution >= 4 is 5.97 Å². The molecule has 0 aromatic heterocycles. The van der Waals surface area contributed by atoms with Gasteiger partial charge in [0.2, 0.25) is 0 Å². The lowest BCUT2D eigenvalue weighted by Gasteiger charge is -2.39. The molecule has 0 aliphatic carbocycles. The molecule has 0 radical (unpaired) electrons. The van der Waals surface area contributed by atoms with E-state index < -0.39 is 5.54 Å². The first kappa shape index (κ1) is 20.3. The van der Waals surface area contributed by atoms with Crippen LogP contribution < -0.4 is 5.32 Å². The number of hydrogen-bond acceptors (Lipinski definition) is 5. The van der Waals surface area contributed by atoms with E-state index in [1.165, 1.54) is 0 Å². The molecule has 3 unspecified atom stereocenters. The number of rotatable bonds is 10. The van der Waals surface area contributed by atoms with E-state index in [1.54, 1.807) is 0 Å². The molecule has 3 atom stereocenters. The first-order valence-electron chi connectivity index (χ1n) is 7.98. The topological polar surface area (TPSA) is 44.8 Å². The summed E-state index contributed by atoms with van der Waals surface area (Å²) in [6.07, 6.45) is 0.730. The Morgan fingerprint density at radius 2 is 1.81 bits per heavy atom. The highest BCUT2D eigenvalue weighted by Gasteiger charge is 2.36. The Bertz CT molecular complexity index is 310. The fourth-order valence-corrected chi connectivity index (χ4v) is 2.98. The van der Waals surface area contributed by atoms with Crippen molar-refractivity contribution in [2.45, 2.75) is 58.7 Å². The predicted molar refractivity (Wildman–Crippen MR) is 88.6 cm³/mol. The minimum Gasteiger partial charge on any atom is -0.465 e. The Balaban J connectivity index is 4.87. The van der Waals surface area contributed by atoms with Crippen molar-refractivity contribution in [1.82, 2.24) is 15.1 Å². The molecule has 0 aromatic carbocycles. The van der Waals surface area contributed by atoms with Crippen LogP contribution in [0.2, 0.25) is 0 Å². The zero-order valence-corrected chi connectivity index (χ0v) is 15.2. The lowest BCUT2D eigenvalue weighted by molar-refractivity contribution is -0.151. The Kier molecular flexibility index (Phi) is 9.09. The van der Waals surface area contributed by atoms with Crippen LogP contribution in [0.5, 0.6) is 0 Å². The molecule has 0 aliphatic rings. The van der Waals surface area contributed by atoms with E-state index in [9.17, 15) is 4.79 Å². The Morgan fingerprint density at radius 3 is 2.19 bits per heavy atom. The largest absolute Gasteiger partial charge is 0.465 e. The Labute approximate surface area is 131 Å². The SMILES string of the molecule is CCOC(=O)C(C)(CC(C)N(CC)C(C)CN(C)C)NC. The summed E-state index contributed by atoms with van der Waals surface area (Å²) in [5.41, 5.74) is -0.638. The minimum atomic E-state index is -0.638. The second kappa shape index (κ2) is 9.38. The van der Waals surface area contributed by atoms with Crippen molar-refractivity contribution in [3.63, 3.8) is 0 Å². The van der Waals surface area contributed by atoms with Crippen molar-refractivity contribution in [2.75, 3.05) is 40.8 Å². The van der Waals surface area contributed by atoms with Gasteiger partial charge in [0, 0.05) is 18.6 Å². The van der Waals surface area contributed by atoms with Crippen LogP contribution in [-0.4, -0.2) is 74.2 Å². The third-order valence-electron chi connectivity index (χ3n) is 4.11. The van der Waals surface area contributed by atoms with Crippen LogP contribution in [0.25, 0.3) is 0 Å². The molecule has 0 aliphatic heterocycles. The summed E-state index contributed by atoms with van der Waals surface area (Å²) in [6.45, 7) is 12.8. The predicted octanol–water partition coefficient (Wildman–Crippen LogP) is 1.58. The number of hydrogen-bond donors (Lipinski definition) is 1. The molecule has 0 heterocycles. The van der Waals surface area contributed by atoms with Gasteiger partial charge >= 0.3 is 5.97 Å². The highest BCUT2D eigenvalue weighted by Crippen LogP contribution is 2.19. The van der Waals surface area contributed by atoms with Gasteiger partial charge in [-0.2, -0.15) is 0 Å². The fourth-order valence-electron chi connectivity index (χ4n) is 2.98. The molecule has 126 valence electrons. The molecule has 0 saturated carbocycles. The molecule has 21 heavy (non-hydrogen) atoms. The molecule has 0 bridgehead atoms. The maximum Gasteiger partial charge on any atom is 0.326 e. The average Bonchev–Trinajstić information content (AvgIpc) is 2.38. The van der Waals surface area contributed by atoms with Gasteiger partial charge in [0.25, 0.3) is 0 Å². The van der Waals surface area contributed by atoms with Crippen molar-refractivity contribution in [1.29, 1.82) is 0 Å². The summed E-state index contributed by atoms with van der Waals surface area (Å²) in [5, 5.41) is 3.14. The standard InChI is InChI=1S/C16H35N3O2/c1-9-19(14(4)12-18(7)8)13(3)11-16(5,17-6)15(20)21-10-2/h13-14,17H,9-12H2,1-8H3. The molecular weight excluding hydrogens is 266 g/mol. The lowest BCUT2D eigenvalue weighted by Crippen LogP contribution is -2.54. The van der Waals surface area contributed by atoms with Crippen molar-refractivity contribution < 1.29 is 9.53 Å². The van der Waals surface area contributed by atoms with Crippen LogP contribution in [-0.2, 0) is 9.53 Å². The first-order chi connectivity index (χ1) is 9.71. The zero-order valence-electron chi connectivity index (χ0n) is 15.2. The lowest BCUT2D eigenvalue weighted by atomic mass is 9.92. The molecule has 1 N–H and O–H groups in total. The molecular formula is C16H35N3O2. The van der Waals surface area contributed by atoms with Gasteiger partial charge in [0.1, 0.15) is 5.54 Å². The third kappa shape index (κ3) is 6.32. The molecule has 0 amide bonds. The maximum atomic E-state index is 12.2. The molecule has 0 fully saturated rings. The monoisotopic (exact) mass is 301 g/mol. The van der Waals surface area contributed by atoms with Gasteiger partial charge in [0.15, 0.2) is 0 Å². The van der Waals surface area contributed by atoms with E-state index in [0.29, 0.717) is 18.7 Å². The molecule has 0 rings (SSSR count). The number of carbonyl (C=O) groups is 1. The zero-order chi connectivity index (χ0) is 16.6. The van der Waals surface area contributed by atoms with Crippen LogP contribution >= 0.6 is 0 Å². The van der Waals surface area contributed by atoms with E-state index in [0.717, 1.165) is 19.5 Å². The summed E-state index contributed by atoms with van der Waals surface area (Å²) in [5.74, 6) is -0.171. The van der Waals surface area contributed by atoms with Crippen LogP contribution in [0.15, 0.2) is 0 Å². The normalized spacial score (nSPS) is 17.6. The van der Waals surface area contributed by atoms with Crippen molar-refractivity contribution in [2.24, 2.45) is 0 Å². The third-order valence-corrected chi connectivity index (χ3v) is 4.11. The number of ether oxygens (including phenoxy) is 1. The van der Waals surface area contributed by atoms with Gasteiger partial charge in [0.05, 0.1) is 6.61 Å². The molecule has 5 heteroatoms. The molecule has 5 nitrogen and oxygen atoms in total. The van der Waals surface area contributed by atoms with Gasteiger partial charge in [-0.15, -0.1) is 0 Å². The van der Waals surface area contributed by atoms with E-state index in [2.05, 4.69) is 50.0 Å². The molecule has 0 spiro atoms. The van der Waals surface area contributed by atoms with E-state index in [4.69, 9.17) is 4.74 Å². The van der Waals surface area contributed by atoms with Crippen LogP contribution in [0, 0.1) is 0 Å². The van der Waals surface area contributed by atoms with Crippen LogP contribution in [0.4, 0.5) is 0 Å².